The fraction of sp³-hybridized carbons (Fsp3) is 0.231. The van der Waals surface area contributed by atoms with E-state index in [0.717, 1.165) is 16.8 Å². The molecule has 2 heterocycles. The number of amides is 2. The molecule has 174 valence electrons. The van der Waals surface area contributed by atoms with Gasteiger partial charge in [-0.2, -0.15) is 0 Å². The summed E-state index contributed by atoms with van der Waals surface area (Å²) in [5.41, 5.74) is 2.86. The second-order valence-electron chi connectivity index (χ2n) is 8.04. The van der Waals surface area contributed by atoms with Crippen LogP contribution in [0.3, 0.4) is 0 Å². The maximum absolute atomic E-state index is 14.2. The molecule has 2 aliphatic rings. The Bertz CT molecular complexity index is 1270. The average molecular weight is 495 g/mol. The summed E-state index contributed by atoms with van der Waals surface area (Å²) in [7, 11) is 3.17. The summed E-state index contributed by atoms with van der Waals surface area (Å²) in [5.74, 6) is 1.59. The highest BCUT2D eigenvalue weighted by molar-refractivity contribution is 8.01. The van der Waals surface area contributed by atoms with E-state index in [9.17, 15) is 9.59 Å². The topological polar surface area (TPSA) is 59.1 Å². The Kier molecular flexibility index (Phi) is 5.91. The second-order valence-corrected chi connectivity index (χ2v) is 9.74. The predicted molar refractivity (Wildman–Crippen MR) is 134 cm³/mol. The first-order valence-electron chi connectivity index (χ1n) is 10.8. The second kappa shape index (κ2) is 8.89. The lowest BCUT2D eigenvalue weighted by Crippen LogP contribution is -2.50. The van der Waals surface area contributed by atoms with E-state index in [4.69, 9.17) is 21.1 Å². The summed E-state index contributed by atoms with van der Waals surface area (Å²) < 4.78 is 10.7. The lowest BCUT2D eigenvalue weighted by molar-refractivity contribution is -0.123. The number of carbonyl (C=O) groups excluding carboxylic acids is 2. The van der Waals surface area contributed by atoms with Crippen molar-refractivity contribution in [2.45, 2.75) is 11.4 Å². The molecule has 8 heteroatoms. The molecule has 5 rings (SSSR count). The van der Waals surface area contributed by atoms with Crippen molar-refractivity contribution in [3.05, 3.63) is 88.4 Å². The van der Waals surface area contributed by atoms with Gasteiger partial charge >= 0.3 is 0 Å². The van der Waals surface area contributed by atoms with Crippen molar-refractivity contribution in [1.29, 1.82) is 0 Å². The van der Waals surface area contributed by atoms with Crippen LogP contribution in [-0.4, -0.2) is 43.2 Å². The van der Waals surface area contributed by atoms with Crippen LogP contribution in [0.2, 0.25) is 5.02 Å². The third kappa shape index (κ3) is 3.51. The van der Waals surface area contributed by atoms with Gasteiger partial charge in [-0.05, 0) is 54.1 Å². The highest BCUT2D eigenvalue weighted by Crippen LogP contribution is 2.55. The molecule has 1 spiro atoms. The summed E-state index contributed by atoms with van der Waals surface area (Å²) in [5, 5.41) is 0.594. The Morgan fingerprint density at radius 1 is 1.03 bits per heavy atom. The quantitative estimate of drug-likeness (QED) is 0.502. The fourth-order valence-electron chi connectivity index (χ4n) is 4.56. The number of fused-ring (bicyclic) bond motifs is 2. The first kappa shape index (κ1) is 22.6. The molecule has 2 aliphatic heterocycles. The molecule has 0 saturated carbocycles. The van der Waals surface area contributed by atoms with Gasteiger partial charge in [-0.1, -0.05) is 29.8 Å². The lowest BCUT2D eigenvalue weighted by atomic mass is 10.0. The summed E-state index contributed by atoms with van der Waals surface area (Å²) in [6, 6.07) is 20.0. The first-order valence-corrected chi connectivity index (χ1v) is 12.2. The zero-order chi connectivity index (χ0) is 23.9. The molecule has 1 atom stereocenters. The van der Waals surface area contributed by atoms with Gasteiger partial charge in [-0.15, -0.1) is 11.8 Å². The number of methoxy groups -OCH3 is 2. The van der Waals surface area contributed by atoms with E-state index in [0.29, 0.717) is 40.9 Å². The van der Waals surface area contributed by atoms with Gasteiger partial charge in [0.2, 0.25) is 0 Å². The zero-order valence-electron chi connectivity index (χ0n) is 18.8. The Labute approximate surface area is 207 Å². The molecule has 0 aromatic heterocycles. The summed E-state index contributed by atoms with van der Waals surface area (Å²) in [6.45, 7) is 0.766. The number of carbonyl (C=O) groups is 2. The number of halogens is 1. The molecule has 1 unspecified atom stereocenters. The molecular formula is C26H23ClN2O4S. The molecule has 34 heavy (non-hydrogen) atoms. The molecule has 0 N–H and O–H groups in total. The van der Waals surface area contributed by atoms with Crippen molar-refractivity contribution in [1.82, 2.24) is 4.90 Å². The van der Waals surface area contributed by atoms with Crippen molar-refractivity contribution in [3.8, 4) is 11.5 Å². The van der Waals surface area contributed by atoms with E-state index in [1.807, 2.05) is 42.5 Å². The Morgan fingerprint density at radius 2 is 1.74 bits per heavy atom. The van der Waals surface area contributed by atoms with Gasteiger partial charge in [0.25, 0.3) is 11.8 Å². The summed E-state index contributed by atoms with van der Waals surface area (Å²) in [4.78, 5) is 30.1. The minimum absolute atomic E-state index is 0.153. The Morgan fingerprint density at radius 3 is 2.44 bits per heavy atom. The molecular weight excluding hydrogens is 472 g/mol. The third-order valence-electron chi connectivity index (χ3n) is 6.27. The SMILES string of the molecule is COc1ccc(C(=O)N2CCSC23C(=O)N(Cc2ccccc2Cl)c2ccc(OC)cc23)cc1. The molecule has 2 amide bonds. The van der Waals surface area contributed by atoms with Crippen LogP contribution in [0.4, 0.5) is 5.69 Å². The van der Waals surface area contributed by atoms with E-state index in [1.54, 1.807) is 48.3 Å². The van der Waals surface area contributed by atoms with Crippen LogP contribution >= 0.6 is 23.4 Å². The van der Waals surface area contributed by atoms with Crippen LogP contribution in [-0.2, 0) is 16.2 Å². The van der Waals surface area contributed by atoms with Crippen molar-refractivity contribution in [2.24, 2.45) is 0 Å². The smallest absolute Gasteiger partial charge is 0.268 e. The van der Waals surface area contributed by atoms with Crippen LogP contribution in [0, 0.1) is 0 Å². The highest BCUT2D eigenvalue weighted by Gasteiger charge is 2.59. The van der Waals surface area contributed by atoms with Gasteiger partial charge < -0.3 is 19.3 Å². The van der Waals surface area contributed by atoms with Gasteiger partial charge in [-0.25, -0.2) is 0 Å². The standard InChI is InChI=1S/C26H23ClN2O4S/c1-32-19-9-7-17(8-10-19)24(30)29-13-14-34-26(29)21-15-20(33-2)11-12-23(21)28(25(26)31)16-18-5-3-4-6-22(18)27/h3-12,15H,13-14,16H2,1-2H3. The number of thioether (sulfide) groups is 1. The maximum atomic E-state index is 14.2. The fourth-order valence-corrected chi connectivity index (χ4v) is 6.21. The van der Waals surface area contributed by atoms with Crippen LogP contribution in [0.1, 0.15) is 21.5 Å². The van der Waals surface area contributed by atoms with Crippen molar-refractivity contribution in [3.63, 3.8) is 0 Å². The predicted octanol–water partition coefficient (Wildman–Crippen LogP) is 4.95. The minimum Gasteiger partial charge on any atom is -0.497 e. The monoisotopic (exact) mass is 494 g/mol. The first-order chi connectivity index (χ1) is 16.5. The van der Waals surface area contributed by atoms with Gasteiger partial charge in [0.15, 0.2) is 4.87 Å². The van der Waals surface area contributed by atoms with Gasteiger partial charge in [0.1, 0.15) is 11.5 Å². The molecule has 0 radical (unpaired) electrons. The molecule has 3 aromatic rings. The van der Waals surface area contributed by atoms with E-state index in [1.165, 1.54) is 11.8 Å². The number of nitrogens with zero attached hydrogens (tertiary/aromatic N) is 2. The third-order valence-corrected chi connectivity index (χ3v) is 8.06. The summed E-state index contributed by atoms with van der Waals surface area (Å²) >= 11 is 7.90. The molecule has 1 fully saturated rings. The number of anilines is 1. The average Bonchev–Trinajstić information content (AvgIpc) is 3.41. The number of benzene rings is 3. The van der Waals surface area contributed by atoms with Crippen molar-refractivity contribution in [2.75, 3.05) is 31.4 Å². The van der Waals surface area contributed by atoms with E-state index < -0.39 is 4.87 Å². The van der Waals surface area contributed by atoms with E-state index in [2.05, 4.69) is 0 Å². The van der Waals surface area contributed by atoms with Crippen LogP contribution < -0.4 is 14.4 Å². The Balaban J connectivity index is 1.60. The Hall–Kier alpha value is -3.16. The largest absolute Gasteiger partial charge is 0.497 e. The molecule has 6 nitrogen and oxygen atoms in total. The van der Waals surface area contributed by atoms with E-state index in [-0.39, 0.29) is 11.8 Å². The molecule has 0 bridgehead atoms. The van der Waals surface area contributed by atoms with Crippen LogP contribution in [0.25, 0.3) is 0 Å². The molecule has 0 aliphatic carbocycles. The number of hydrogen-bond donors (Lipinski definition) is 0. The van der Waals surface area contributed by atoms with Gasteiger partial charge in [0.05, 0.1) is 26.5 Å². The number of rotatable bonds is 5. The van der Waals surface area contributed by atoms with Crippen LogP contribution in [0.5, 0.6) is 11.5 Å². The normalized spacial score (nSPS) is 19.0. The molecule has 3 aromatic carbocycles. The molecule has 1 saturated heterocycles. The highest BCUT2D eigenvalue weighted by atomic mass is 35.5. The minimum atomic E-state index is -1.16. The zero-order valence-corrected chi connectivity index (χ0v) is 20.4. The van der Waals surface area contributed by atoms with Gasteiger partial charge in [-0.3, -0.25) is 9.59 Å². The van der Waals surface area contributed by atoms with Gasteiger partial charge in [0, 0.05) is 28.4 Å². The maximum Gasteiger partial charge on any atom is 0.268 e. The summed E-state index contributed by atoms with van der Waals surface area (Å²) in [6.07, 6.45) is 0. The number of ether oxygens (including phenoxy) is 2. The van der Waals surface area contributed by atoms with Crippen molar-refractivity contribution < 1.29 is 19.1 Å². The van der Waals surface area contributed by atoms with E-state index >= 15 is 0 Å². The van der Waals surface area contributed by atoms with Crippen molar-refractivity contribution >= 4 is 40.9 Å². The lowest BCUT2D eigenvalue weighted by Gasteiger charge is -2.33. The number of hydrogen-bond acceptors (Lipinski definition) is 5. The van der Waals surface area contributed by atoms with Crippen LogP contribution in [0.15, 0.2) is 66.7 Å².